The zero-order chi connectivity index (χ0) is 19.7. The fraction of sp³-hybridized carbons (Fsp3) is 0.500. The second kappa shape index (κ2) is 7.95. The summed E-state index contributed by atoms with van der Waals surface area (Å²) in [5.74, 6) is -1.01. The summed E-state index contributed by atoms with van der Waals surface area (Å²) in [6.07, 6.45) is 0.395. The van der Waals surface area contributed by atoms with Gasteiger partial charge in [0, 0.05) is 25.9 Å². The number of carbonyl (C=O) groups excluding carboxylic acids is 1. The van der Waals surface area contributed by atoms with E-state index in [1.54, 1.807) is 14.0 Å². The highest BCUT2D eigenvalue weighted by Gasteiger charge is 2.33. The summed E-state index contributed by atoms with van der Waals surface area (Å²) >= 11 is 4.44. The highest BCUT2D eigenvalue weighted by Crippen LogP contribution is 2.29. The Kier molecular flexibility index (Phi) is 5.82. The molecule has 2 aromatic rings. The van der Waals surface area contributed by atoms with E-state index in [9.17, 15) is 14.7 Å². The lowest BCUT2D eigenvalue weighted by molar-refractivity contribution is 0.0538. The molecule has 0 aliphatic carbocycles. The molecule has 1 fully saturated rings. The third-order valence-electron chi connectivity index (χ3n) is 4.47. The number of aromatic nitrogens is 3. The van der Waals surface area contributed by atoms with Crippen LogP contribution in [0.3, 0.4) is 0 Å². The molecule has 0 radical (unpaired) electrons. The number of hydrogen-bond donors (Lipinski definition) is 3. The van der Waals surface area contributed by atoms with Crippen LogP contribution in [0.5, 0.6) is 0 Å². The Labute approximate surface area is 168 Å². The highest BCUT2D eigenvalue weighted by atomic mass is 79.9. The summed E-state index contributed by atoms with van der Waals surface area (Å²) in [7, 11) is 1.59. The number of anilines is 1. The van der Waals surface area contributed by atoms with Gasteiger partial charge in [-0.05, 0) is 36.2 Å². The normalized spacial score (nSPS) is 19.9. The first-order chi connectivity index (χ1) is 12.8. The Bertz CT molecular complexity index is 848. The van der Waals surface area contributed by atoms with Crippen LogP contribution in [0, 0.1) is 13.8 Å². The molecule has 0 bridgehead atoms. The molecule has 9 nitrogen and oxygen atoms in total. The minimum absolute atomic E-state index is 0.178. The van der Waals surface area contributed by atoms with Gasteiger partial charge in [0.15, 0.2) is 11.0 Å². The Hall–Kier alpha value is -1.98. The van der Waals surface area contributed by atoms with E-state index in [2.05, 4.69) is 36.2 Å². The molecule has 27 heavy (non-hydrogen) atoms. The van der Waals surface area contributed by atoms with E-state index < -0.39 is 5.97 Å². The second-order valence-electron chi connectivity index (χ2n) is 6.31. The van der Waals surface area contributed by atoms with Crippen molar-refractivity contribution < 1.29 is 19.4 Å². The van der Waals surface area contributed by atoms with Crippen molar-refractivity contribution in [3.63, 3.8) is 0 Å². The third kappa shape index (κ3) is 4.14. The number of nitrogens with one attached hydrogen (secondary N) is 2. The maximum Gasteiger partial charge on any atom is 0.347 e. The molecule has 1 aliphatic rings. The van der Waals surface area contributed by atoms with Crippen molar-refractivity contribution in [1.29, 1.82) is 0 Å². The van der Waals surface area contributed by atoms with Crippen molar-refractivity contribution in [2.24, 2.45) is 0 Å². The Morgan fingerprint density at radius 2 is 2.15 bits per heavy atom. The van der Waals surface area contributed by atoms with Gasteiger partial charge in [0.25, 0.3) is 5.91 Å². The number of halogens is 1. The van der Waals surface area contributed by atoms with Crippen molar-refractivity contribution in [3.05, 3.63) is 26.7 Å². The molecular formula is C16H20BrN5O4S. The monoisotopic (exact) mass is 457 g/mol. The summed E-state index contributed by atoms with van der Waals surface area (Å²) in [6, 6.07) is -0.178. The van der Waals surface area contributed by atoms with Gasteiger partial charge in [0.2, 0.25) is 0 Å². The van der Waals surface area contributed by atoms with Crippen LogP contribution < -0.4 is 10.2 Å². The van der Waals surface area contributed by atoms with Crippen molar-refractivity contribution >= 4 is 44.3 Å². The number of piperidine rings is 1. The zero-order valence-electron chi connectivity index (χ0n) is 15.1. The number of imidazole rings is 1. The number of aryl methyl sites for hydroxylation is 2. The Morgan fingerprint density at radius 3 is 2.70 bits per heavy atom. The fourth-order valence-corrected chi connectivity index (χ4v) is 4.21. The first kappa shape index (κ1) is 19.8. The average Bonchev–Trinajstić information content (AvgIpc) is 3.18. The number of H-pyrrole nitrogens is 1. The molecule has 0 unspecified atom stereocenters. The van der Waals surface area contributed by atoms with Crippen LogP contribution in [0.25, 0.3) is 0 Å². The molecule has 2 aromatic heterocycles. The number of aromatic carboxylic acids is 1. The van der Waals surface area contributed by atoms with Crippen LogP contribution >= 0.6 is 27.3 Å². The smallest absolute Gasteiger partial charge is 0.347 e. The van der Waals surface area contributed by atoms with E-state index in [1.165, 1.54) is 0 Å². The fourth-order valence-electron chi connectivity index (χ4n) is 2.99. The first-order valence-electron chi connectivity index (χ1n) is 8.31. The molecule has 11 heteroatoms. The molecule has 3 rings (SSSR count). The van der Waals surface area contributed by atoms with Crippen LogP contribution in [-0.4, -0.2) is 64.3 Å². The van der Waals surface area contributed by atoms with Crippen molar-refractivity contribution in [2.75, 3.05) is 25.1 Å². The highest BCUT2D eigenvalue weighted by molar-refractivity contribution is 9.10. The number of hydrogen-bond acceptors (Lipinski definition) is 7. The van der Waals surface area contributed by atoms with Gasteiger partial charge in [-0.1, -0.05) is 11.3 Å². The number of nitrogens with zero attached hydrogens (tertiary/aromatic N) is 3. The molecular weight excluding hydrogens is 438 g/mol. The number of thiazole rings is 1. The van der Waals surface area contributed by atoms with E-state index in [0.717, 1.165) is 17.0 Å². The van der Waals surface area contributed by atoms with Crippen molar-refractivity contribution in [2.45, 2.75) is 32.4 Å². The van der Waals surface area contributed by atoms with E-state index in [1.807, 2.05) is 11.8 Å². The van der Waals surface area contributed by atoms with Gasteiger partial charge in [-0.3, -0.25) is 4.79 Å². The number of carbonyl (C=O) groups is 2. The van der Waals surface area contributed by atoms with Gasteiger partial charge in [0.1, 0.15) is 9.48 Å². The number of aromatic amines is 1. The number of methoxy groups -OCH3 is 1. The molecule has 1 amide bonds. The quantitative estimate of drug-likeness (QED) is 0.627. The van der Waals surface area contributed by atoms with Crippen LogP contribution in [-0.2, 0) is 4.74 Å². The lowest BCUT2D eigenvalue weighted by atomic mass is 10.0. The summed E-state index contributed by atoms with van der Waals surface area (Å²) in [6.45, 7) is 4.66. The molecule has 0 aromatic carbocycles. The maximum atomic E-state index is 12.4. The van der Waals surface area contributed by atoms with Crippen molar-refractivity contribution in [3.8, 4) is 0 Å². The van der Waals surface area contributed by atoms with Crippen LogP contribution in [0.15, 0.2) is 4.60 Å². The Balaban J connectivity index is 1.68. The molecule has 0 saturated carbocycles. The SMILES string of the molecule is CO[C@@H]1CN(c2nc(C)c(C(=O)O)s2)CC[C@@H]1NC(=O)c1nc(Br)c(C)[nH]1. The number of carboxylic acids is 1. The summed E-state index contributed by atoms with van der Waals surface area (Å²) in [5, 5.41) is 12.8. The third-order valence-corrected chi connectivity index (χ3v) is 6.45. The van der Waals surface area contributed by atoms with Gasteiger partial charge in [0.05, 0.1) is 17.8 Å². The molecule has 1 saturated heterocycles. The second-order valence-corrected chi connectivity index (χ2v) is 8.03. The average molecular weight is 458 g/mol. The minimum atomic E-state index is -0.971. The van der Waals surface area contributed by atoms with Crippen molar-refractivity contribution in [1.82, 2.24) is 20.3 Å². The van der Waals surface area contributed by atoms with Crippen LogP contribution in [0.4, 0.5) is 5.13 Å². The lowest BCUT2D eigenvalue weighted by Crippen LogP contribution is -2.55. The predicted octanol–water partition coefficient (Wildman–Crippen LogP) is 1.97. The summed E-state index contributed by atoms with van der Waals surface area (Å²) in [4.78, 5) is 37.4. The molecule has 3 N–H and O–H groups in total. The largest absolute Gasteiger partial charge is 0.477 e. The van der Waals surface area contributed by atoms with Crippen LogP contribution in [0.1, 0.15) is 38.1 Å². The zero-order valence-corrected chi connectivity index (χ0v) is 17.5. The van der Waals surface area contributed by atoms with E-state index in [4.69, 9.17) is 4.74 Å². The topological polar surface area (TPSA) is 120 Å². The molecule has 2 atom stereocenters. The summed E-state index contributed by atoms with van der Waals surface area (Å²) in [5.41, 5.74) is 1.29. The lowest BCUT2D eigenvalue weighted by Gasteiger charge is -2.37. The number of ether oxygens (including phenoxy) is 1. The molecule has 3 heterocycles. The van der Waals surface area contributed by atoms with Crippen LogP contribution in [0.2, 0.25) is 0 Å². The minimum Gasteiger partial charge on any atom is -0.477 e. The van der Waals surface area contributed by atoms with Gasteiger partial charge < -0.3 is 25.0 Å². The van der Waals surface area contributed by atoms with Gasteiger partial charge in [-0.25, -0.2) is 14.8 Å². The number of carboxylic acid groups (broad SMARTS) is 1. The molecule has 0 spiro atoms. The molecule has 146 valence electrons. The number of rotatable bonds is 5. The first-order valence-corrected chi connectivity index (χ1v) is 9.92. The van der Waals surface area contributed by atoms with E-state index in [0.29, 0.717) is 34.9 Å². The van der Waals surface area contributed by atoms with Gasteiger partial charge in [-0.15, -0.1) is 0 Å². The van der Waals surface area contributed by atoms with E-state index >= 15 is 0 Å². The maximum absolute atomic E-state index is 12.4. The number of amides is 1. The molecule has 1 aliphatic heterocycles. The Morgan fingerprint density at radius 1 is 1.41 bits per heavy atom. The van der Waals surface area contributed by atoms with Gasteiger partial charge >= 0.3 is 5.97 Å². The summed E-state index contributed by atoms with van der Waals surface area (Å²) < 4.78 is 6.18. The van der Waals surface area contributed by atoms with Gasteiger partial charge in [-0.2, -0.15) is 0 Å². The van der Waals surface area contributed by atoms with E-state index in [-0.39, 0.29) is 28.8 Å². The predicted molar refractivity (Wildman–Crippen MR) is 104 cm³/mol. The standard InChI is InChI=1S/C16H20BrN5O4S/c1-7-11(15(24)25)27-16(19-7)22-5-4-9(10(6-22)26-3)20-14(23)13-18-8(2)12(17)21-13/h9-10H,4-6H2,1-3H3,(H,18,21)(H,20,23)(H,24,25)/t9-,10+/m0/s1.